The second kappa shape index (κ2) is 6.21. The molecule has 0 bridgehead atoms. The van der Waals surface area contributed by atoms with Crippen molar-refractivity contribution in [3.05, 3.63) is 35.1 Å². The standard InChI is InChI=1S/C13H15F4NO2/c1-7(6-8(2)19)18-12(20)9-4-3-5-10(11(9)14)13(15,16)17/h3-5,7-8,19H,6H2,1-2H3,(H,18,20). The summed E-state index contributed by atoms with van der Waals surface area (Å²) in [6.07, 6.45) is -5.32. The van der Waals surface area contributed by atoms with E-state index in [1.54, 1.807) is 6.92 Å². The van der Waals surface area contributed by atoms with Crippen LogP contribution in [-0.4, -0.2) is 23.2 Å². The predicted molar refractivity (Wildman–Crippen MR) is 64.6 cm³/mol. The van der Waals surface area contributed by atoms with Crippen molar-refractivity contribution in [3.8, 4) is 0 Å². The van der Waals surface area contributed by atoms with E-state index in [2.05, 4.69) is 5.32 Å². The van der Waals surface area contributed by atoms with Gasteiger partial charge in [-0.15, -0.1) is 0 Å². The van der Waals surface area contributed by atoms with Crippen molar-refractivity contribution in [1.82, 2.24) is 5.32 Å². The van der Waals surface area contributed by atoms with Crippen molar-refractivity contribution in [2.45, 2.75) is 38.6 Å². The molecular formula is C13H15F4NO2. The van der Waals surface area contributed by atoms with Crippen molar-refractivity contribution in [2.75, 3.05) is 0 Å². The van der Waals surface area contributed by atoms with E-state index in [1.807, 2.05) is 0 Å². The Hall–Kier alpha value is -1.63. The van der Waals surface area contributed by atoms with E-state index in [0.29, 0.717) is 6.07 Å². The van der Waals surface area contributed by atoms with Crippen molar-refractivity contribution in [1.29, 1.82) is 0 Å². The summed E-state index contributed by atoms with van der Waals surface area (Å²) < 4.78 is 51.3. The Morgan fingerprint density at radius 1 is 1.35 bits per heavy atom. The van der Waals surface area contributed by atoms with E-state index in [4.69, 9.17) is 5.11 Å². The molecule has 3 nitrogen and oxygen atoms in total. The van der Waals surface area contributed by atoms with E-state index in [0.717, 1.165) is 12.1 Å². The summed E-state index contributed by atoms with van der Waals surface area (Å²) in [5.41, 5.74) is -2.15. The van der Waals surface area contributed by atoms with Crippen LogP contribution in [0.25, 0.3) is 0 Å². The van der Waals surface area contributed by atoms with Crippen LogP contribution in [0.1, 0.15) is 36.2 Å². The maximum absolute atomic E-state index is 13.7. The van der Waals surface area contributed by atoms with Crippen molar-refractivity contribution >= 4 is 5.91 Å². The first kappa shape index (κ1) is 16.4. The molecule has 1 aromatic carbocycles. The number of aliphatic hydroxyl groups excluding tert-OH is 1. The molecule has 1 aromatic rings. The van der Waals surface area contributed by atoms with Crippen LogP contribution in [0.3, 0.4) is 0 Å². The van der Waals surface area contributed by atoms with Gasteiger partial charge in [0.25, 0.3) is 5.91 Å². The molecule has 0 spiro atoms. The molecule has 1 rings (SSSR count). The SMILES string of the molecule is CC(O)CC(C)NC(=O)c1cccc(C(F)(F)F)c1F. The highest BCUT2D eigenvalue weighted by Gasteiger charge is 2.35. The molecule has 7 heteroatoms. The summed E-state index contributed by atoms with van der Waals surface area (Å²) in [5, 5.41) is 11.5. The highest BCUT2D eigenvalue weighted by Crippen LogP contribution is 2.32. The third-order valence-electron chi connectivity index (χ3n) is 2.62. The number of carbonyl (C=O) groups excluding carboxylic acids is 1. The van der Waals surface area contributed by atoms with Gasteiger partial charge >= 0.3 is 6.18 Å². The first-order chi connectivity index (χ1) is 9.12. The number of hydrogen-bond acceptors (Lipinski definition) is 2. The minimum absolute atomic E-state index is 0.215. The van der Waals surface area contributed by atoms with Crippen molar-refractivity contribution in [2.24, 2.45) is 0 Å². The van der Waals surface area contributed by atoms with E-state index < -0.39 is 41.2 Å². The Bertz CT molecular complexity index is 486. The summed E-state index contributed by atoms with van der Waals surface area (Å²) in [4.78, 5) is 11.7. The van der Waals surface area contributed by atoms with E-state index >= 15 is 0 Å². The fourth-order valence-electron chi connectivity index (χ4n) is 1.80. The molecule has 0 aliphatic rings. The molecule has 0 aromatic heterocycles. The Morgan fingerprint density at radius 3 is 2.45 bits per heavy atom. The molecule has 0 aliphatic carbocycles. The van der Waals surface area contributed by atoms with Gasteiger partial charge in [-0.1, -0.05) is 6.07 Å². The Kier molecular flexibility index (Phi) is 5.10. The molecule has 0 aliphatic heterocycles. The number of alkyl halides is 3. The Labute approximate surface area is 113 Å². The second-order valence-electron chi connectivity index (χ2n) is 4.62. The lowest BCUT2D eigenvalue weighted by atomic mass is 10.1. The highest BCUT2D eigenvalue weighted by atomic mass is 19.4. The molecule has 0 fully saturated rings. The molecular weight excluding hydrogens is 278 g/mol. The zero-order chi connectivity index (χ0) is 15.5. The van der Waals surface area contributed by atoms with Gasteiger partial charge in [-0.2, -0.15) is 13.2 Å². The van der Waals surface area contributed by atoms with Gasteiger partial charge in [0.1, 0.15) is 5.82 Å². The highest BCUT2D eigenvalue weighted by molar-refractivity contribution is 5.94. The van der Waals surface area contributed by atoms with E-state index in [9.17, 15) is 22.4 Å². The van der Waals surface area contributed by atoms with Gasteiger partial charge in [0.2, 0.25) is 0 Å². The number of nitrogens with one attached hydrogen (secondary N) is 1. The summed E-state index contributed by atoms with van der Waals surface area (Å²) in [6, 6.07) is 2.04. The zero-order valence-electron chi connectivity index (χ0n) is 11.0. The van der Waals surface area contributed by atoms with Gasteiger partial charge in [-0.05, 0) is 32.4 Å². The maximum Gasteiger partial charge on any atom is 0.419 e. The van der Waals surface area contributed by atoms with Crippen LogP contribution in [0.2, 0.25) is 0 Å². The lowest BCUT2D eigenvalue weighted by Crippen LogP contribution is -2.35. The summed E-state index contributed by atoms with van der Waals surface area (Å²) in [6.45, 7) is 3.07. The van der Waals surface area contributed by atoms with E-state index in [-0.39, 0.29) is 6.42 Å². The number of benzene rings is 1. The average Bonchev–Trinajstić information content (AvgIpc) is 2.25. The van der Waals surface area contributed by atoms with Gasteiger partial charge in [0.05, 0.1) is 17.2 Å². The molecule has 0 heterocycles. The van der Waals surface area contributed by atoms with Gasteiger partial charge in [-0.25, -0.2) is 4.39 Å². The minimum atomic E-state index is -4.86. The maximum atomic E-state index is 13.7. The largest absolute Gasteiger partial charge is 0.419 e. The first-order valence-corrected chi connectivity index (χ1v) is 5.97. The van der Waals surface area contributed by atoms with Crippen LogP contribution < -0.4 is 5.32 Å². The first-order valence-electron chi connectivity index (χ1n) is 5.97. The van der Waals surface area contributed by atoms with Crippen molar-refractivity contribution in [3.63, 3.8) is 0 Å². The van der Waals surface area contributed by atoms with Gasteiger partial charge in [-0.3, -0.25) is 4.79 Å². The van der Waals surface area contributed by atoms with Gasteiger partial charge in [0.15, 0.2) is 0 Å². The molecule has 2 atom stereocenters. The fourth-order valence-corrected chi connectivity index (χ4v) is 1.80. The normalized spacial score (nSPS) is 14.8. The predicted octanol–water partition coefficient (Wildman–Crippen LogP) is 2.73. The van der Waals surface area contributed by atoms with Crippen LogP contribution in [0.15, 0.2) is 18.2 Å². The van der Waals surface area contributed by atoms with Crippen LogP contribution in [-0.2, 0) is 6.18 Å². The van der Waals surface area contributed by atoms with Crippen molar-refractivity contribution < 1.29 is 27.5 Å². The number of carbonyl (C=O) groups is 1. The molecule has 0 saturated heterocycles. The molecule has 1 amide bonds. The smallest absolute Gasteiger partial charge is 0.393 e. The lowest BCUT2D eigenvalue weighted by molar-refractivity contribution is -0.140. The zero-order valence-corrected chi connectivity index (χ0v) is 11.0. The number of halogens is 4. The number of amides is 1. The van der Waals surface area contributed by atoms with Crippen LogP contribution in [0.5, 0.6) is 0 Å². The van der Waals surface area contributed by atoms with Gasteiger partial charge < -0.3 is 10.4 Å². The Balaban J connectivity index is 2.95. The van der Waals surface area contributed by atoms with Crippen LogP contribution in [0, 0.1) is 5.82 Å². The summed E-state index contributed by atoms with van der Waals surface area (Å²) in [7, 11) is 0. The lowest BCUT2D eigenvalue weighted by Gasteiger charge is -2.16. The van der Waals surface area contributed by atoms with E-state index in [1.165, 1.54) is 6.92 Å². The molecule has 0 saturated carbocycles. The monoisotopic (exact) mass is 293 g/mol. The molecule has 2 N–H and O–H groups in total. The molecule has 2 unspecified atom stereocenters. The number of aliphatic hydroxyl groups is 1. The third-order valence-corrected chi connectivity index (χ3v) is 2.62. The third kappa shape index (κ3) is 4.19. The molecule has 0 radical (unpaired) electrons. The molecule has 112 valence electrons. The molecule has 20 heavy (non-hydrogen) atoms. The number of hydrogen-bond donors (Lipinski definition) is 2. The minimum Gasteiger partial charge on any atom is -0.393 e. The van der Waals surface area contributed by atoms with Crippen LogP contribution >= 0.6 is 0 Å². The topological polar surface area (TPSA) is 49.3 Å². The quantitative estimate of drug-likeness (QED) is 0.839. The van der Waals surface area contributed by atoms with Crippen LogP contribution in [0.4, 0.5) is 17.6 Å². The van der Waals surface area contributed by atoms with Gasteiger partial charge in [0, 0.05) is 6.04 Å². The fraction of sp³-hybridized carbons (Fsp3) is 0.462. The number of rotatable bonds is 4. The Morgan fingerprint density at radius 2 is 1.95 bits per heavy atom. The summed E-state index contributed by atoms with van der Waals surface area (Å²) in [5.74, 6) is -2.54. The summed E-state index contributed by atoms with van der Waals surface area (Å²) >= 11 is 0. The second-order valence-corrected chi connectivity index (χ2v) is 4.62. The average molecular weight is 293 g/mol.